The van der Waals surface area contributed by atoms with E-state index in [4.69, 9.17) is 5.10 Å². The predicted molar refractivity (Wildman–Crippen MR) is 156 cm³/mol. The number of rotatable bonds is 8. The summed E-state index contributed by atoms with van der Waals surface area (Å²) in [4.78, 5) is 12.1. The molecule has 11 nitrogen and oxygen atoms in total. The van der Waals surface area contributed by atoms with Crippen molar-refractivity contribution in [3.63, 3.8) is 0 Å². The van der Waals surface area contributed by atoms with Crippen molar-refractivity contribution in [2.45, 2.75) is 37.5 Å². The van der Waals surface area contributed by atoms with Gasteiger partial charge in [0, 0.05) is 37.7 Å². The van der Waals surface area contributed by atoms with E-state index in [1.165, 1.54) is 21.4 Å². The van der Waals surface area contributed by atoms with Crippen LogP contribution < -0.4 is 4.90 Å². The maximum absolute atomic E-state index is 14.3. The average Bonchev–Trinajstić information content (AvgIpc) is 3.60. The maximum Gasteiger partial charge on any atom is 0.261 e. The van der Waals surface area contributed by atoms with E-state index in [9.17, 15) is 13.7 Å². The Hall–Kier alpha value is -4.86. The number of nitriles is 1. The van der Waals surface area contributed by atoms with Crippen molar-refractivity contribution in [2.24, 2.45) is 7.05 Å². The number of para-hydroxylation sites is 1. The highest BCUT2D eigenvalue weighted by Gasteiger charge is 2.38. The molecule has 3 aromatic heterocycles. The molecule has 0 saturated heterocycles. The third-order valence-corrected chi connectivity index (χ3v) is 9.31. The Morgan fingerprint density at radius 3 is 2.60 bits per heavy atom. The fraction of sp³-hybridized carbons (Fsp3) is 0.233. The molecule has 1 unspecified atom stereocenters. The van der Waals surface area contributed by atoms with Crippen molar-refractivity contribution < 1.29 is 8.42 Å². The van der Waals surface area contributed by atoms with E-state index >= 15 is 0 Å². The molecule has 6 rings (SSSR count). The summed E-state index contributed by atoms with van der Waals surface area (Å²) in [6.45, 7) is 2.78. The standard InChI is InChI=1S/C30H29N9O2S/c1-22-28(35-39(34-22)25-8-4-3-5-9-25)20-38(42(40,41)30-10-6-7-13-33-30)26-15-24-14-23(16-31)11-12-29(24)37(18-26)19-27-17-32-21-36(27)2/h3-14,17,21,26H,15,18-20H2,1-2H3. The summed E-state index contributed by atoms with van der Waals surface area (Å²) in [5.41, 5.74) is 5.33. The zero-order chi connectivity index (χ0) is 29.3. The Bertz CT molecular complexity index is 1860. The van der Waals surface area contributed by atoms with Crippen LogP contribution >= 0.6 is 0 Å². The molecular weight excluding hydrogens is 550 g/mol. The van der Waals surface area contributed by atoms with Crippen molar-refractivity contribution in [3.05, 3.63) is 114 Å². The topological polar surface area (TPSA) is 126 Å². The minimum Gasteiger partial charge on any atom is -0.364 e. The van der Waals surface area contributed by atoms with Crippen LogP contribution in [0.25, 0.3) is 5.69 Å². The number of aryl methyl sites for hydroxylation is 2. The first-order valence-corrected chi connectivity index (χ1v) is 14.9. The lowest BCUT2D eigenvalue weighted by Gasteiger charge is -2.40. The van der Waals surface area contributed by atoms with Crippen LogP contribution in [0.5, 0.6) is 0 Å². The van der Waals surface area contributed by atoms with E-state index in [1.807, 2.05) is 61.0 Å². The third-order valence-electron chi connectivity index (χ3n) is 7.49. The van der Waals surface area contributed by atoms with Crippen molar-refractivity contribution in [1.29, 1.82) is 5.26 Å². The summed E-state index contributed by atoms with van der Waals surface area (Å²) in [7, 11) is -2.12. The summed E-state index contributed by atoms with van der Waals surface area (Å²) >= 11 is 0. The van der Waals surface area contributed by atoms with E-state index in [-0.39, 0.29) is 11.6 Å². The van der Waals surface area contributed by atoms with E-state index < -0.39 is 16.1 Å². The van der Waals surface area contributed by atoms with Crippen LogP contribution in [0.15, 0.2) is 90.5 Å². The molecule has 1 aliphatic rings. The summed E-state index contributed by atoms with van der Waals surface area (Å²) in [5, 5.41) is 18.9. The summed E-state index contributed by atoms with van der Waals surface area (Å²) in [6.07, 6.45) is 5.45. The van der Waals surface area contributed by atoms with Gasteiger partial charge in [0.1, 0.15) is 5.69 Å². The van der Waals surface area contributed by atoms with Gasteiger partial charge < -0.3 is 9.47 Å². The lowest BCUT2D eigenvalue weighted by molar-refractivity contribution is 0.298. The lowest BCUT2D eigenvalue weighted by Crippen LogP contribution is -2.50. The van der Waals surface area contributed by atoms with Crippen molar-refractivity contribution >= 4 is 15.7 Å². The molecule has 0 radical (unpaired) electrons. The Kier molecular flexibility index (Phi) is 7.28. The van der Waals surface area contributed by atoms with Gasteiger partial charge in [0.2, 0.25) is 0 Å². The predicted octanol–water partition coefficient (Wildman–Crippen LogP) is 3.40. The minimum absolute atomic E-state index is 0.00899. The molecule has 2 aromatic carbocycles. The number of anilines is 1. The van der Waals surface area contributed by atoms with Crippen LogP contribution in [-0.2, 0) is 36.6 Å². The molecule has 4 heterocycles. The van der Waals surface area contributed by atoms with Gasteiger partial charge in [-0.1, -0.05) is 24.3 Å². The fourth-order valence-electron chi connectivity index (χ4n) is 5.28. The minimum atomic E-state index is -4.05. The molecule has 12 heteroatoms. The highest BCUT2D eigenvalue weighted by atomic mass is 32.2. The smallest absolute Gasteiger partial charge is 0.261 e. The number of aromatic nitrogens is 6. The second-order valence-corrected chi connectivity index (χ2v) is 12.1. The molecule has 0 spiro atoms. The quantitative estimate of drug-likeness (QED) is 0.274. The summed E-state index contributed by atoms with van der Waals surface area (Å²) < 4.78 is 32.0. The van der Waals surface area contributed by atoms with Crippen LogP contribution in [0.2, 0.25) is 0 Å². The Morgan fingerprint density at radius 2 is 1.88 bits per heavy atom. The number of sulfonamides is 1. The van der Waals surface area contributed by atoms with Gasteiger partial charge in [-0.05, 0) is 61.4 Å². The van der Waals surface area contributed by atoms with Gasteiger partial charge in [-0.15, -0.1) is 0 Å². The van der Waals surface area contributed by atoms with Gasteiger partial charge in [0.05, 0.1) is 48.1 Å². The second kappa shape index (κ2) is 11.2. The molecule has 5 aromatic rings. The SMILES string of the molecule is Cc1nn(-c2ccccc2)nc1CN(C1Cc2cc(C#N)ccc2N(Cc2cncn2C)C1)S(=O)(=O)c1ccccn1. The maximum atomic E-state index is 14.3. The number of imidazole rings is 1. The molecule has 0 fully saturated rings. The van der Waals surface area contributed by atoms with Crippen LogP contribution in [0.1, 0.15) is 28.2 Å². The zero-order valence-corrected chi connectivity index (χ0v) is 24.1. The zero-order valence-electron chi connectivity index (χ0n) is 23.2. The van der Waals surface area contributed by atoms with Gasteiger partial charge in [0.15, 0.2) is 5.03 Å². The first-order chi connectivity index (χ1) is 20.3. The van der Waals surface area contributed by atoms with E-state index in [2.05, 4.69) is 26.0 Å². The molecule has 0 amide bonds. The number of benzene rings is 2. The number of fused-ring (bicyclic) bond motifs is 1. The van der Waals surface area contributed by atoms with Crippen LogP contribution in [0.3, 0.4) is 0 Å². The van der Waals surface area contributed by atoms with E-state index in [0.717, 1.165) is 22.6 Å². The second-order valence-electron chi connectivity index (χ2n) is 10.3. The summed E-state index contributed by atoms with van der Waals surface area (Å²) in [6, 6.07) is 21.7. The number of pyridine rings is 1. The van der Waals surface area contributed by atoms with Crippen LogP contribution in [-0.4, -0.2) is 54.8 Å². The van der Waals surface area contributed by atoms with Crippen LogP contribution in [0.4, 0.5) is 5.69 Å². The Balaban J connectivity index is 1.43. The van der Waals surface area contributed by atoms with Gasteiger partial charge in [-0.2, -0.15) is 24.6 Å². The highest BCUT2D eigenvalue weighted by molar-refractivity contribution is 7.89. The lowest BCUT2D eigenvalue weighted by atomic mass is 9.95. The Labute approximate surface area is 244 Å². The largest absolute Gasteiger partial charge is 0.364 e. The molecule has 0 bridgehead atoms. The Morgan fingerprint density at radius 1 is 1.07 bits per heavy atom. The molecule has 1 atom stereocenters. The fourth-order valence-corrected chi connectivity index (χ4v) is 6.79. The van der Waals surface area contributed by atoms with E-state index in [0.29, 0.717) is 36.5 Å². The number of hydrogen-bond acceptors (Lipinski definition) is 8. The van der Waals surface area contributed by atoms with Crippen LogP contribution in [0, 0.1) is 18.3 Å². The monoisotopic (exact) mass is 579 g/mol. The molecule has 0 N–H and O–H groups in total. The molecule has 0 saturated carbocycles. The van der Waals surface area contributed by atoms with Crippen molar-refractivity contribution in [2.75, 3.05) is 11.4 Å². The molecule has 42 heavy (non-hydrogen) atoms. The number of hydrogen-bond donors (Lipinski definition) is 0. The highest BCUT2D eigenvalue weighted by Crippen LogP contribution is 2.33. The third kappa shape index (κ3) is 5.27. The molecule has 1 aliphatic heterocycles. The molecule has 0 aliphatic carbocycles. The van der Waals surface area contributed by atoms with Gasteiger partial charge in [0.25, 0.3) is 10.0 Å². The van der Waals surface area contributed by atoms with Gasteiger partial charge in [-0.3, -0.25) is 0 Å². The first kappa shape index (κ1) is 27.3. The molecular formula is C30H29N9O2S. The van der Waals surface area contributed by atoms with E-state index in [1.54, 1.807) is 30.7 Å². The summed E-state index contributed by atoms with van der Waals surface area (Å²) in [5.74, 6) is 0. The van der Waals surface area contributed by atoms with Gasteiger partial charge >= 0.3 is 0 Å². The number of nitrogens with zero attached hydrogens (tertiary/aromatic N) is 9. The van der Waals surface area contributed by atoms with Crippen molar-refractivity contribution in [3.8, 4) is 11.8 Å². The average molecular weight is 580 g/mol. The molecule has 212 valence electrons. The first-order valence-electron chi connectivity index (χ1n) is 13.5. The normalized spacial score (nSPS) is 15.0. The van der Waals surface area contributed by atoms with Crippen molar-refractivity contribution in [1.82, 2.24) is 33.8 Å². The van der Waals surface area contributed by atoms with Gasteiger partial charge in [-0.25, -0.2) is 18.4 Å².